The van der Waals surface area contributed by atoms with E-state index in [9.17, 15) is 22.4 Å². The van der Waals surface area contributed by atoms with Gasteiger partial charge in [-0.2, -0.15) is 18.2 Å². The van der Waals surface area contributed by atoms with Gasteiger partial charge in [-0.15, -0.1) is 0 Å². The summed E-state index contributed by atoms with van der Waals surface area (Å²) in [5.74, 6) is 0.569. The Balaban J connectivity index is 1.37. The van der Waals surface area contributed by atoms with Gasteiger partial charge < -0.3 is 20.1 Å². The van der Waals surface area contributed by atoms with Crippen molar-refractivity contribution in [1.29, 1.82) is 0 Å². The van der Waals surface area contributed by atoms with Gasteiger partial charge in [0.15, 0.2) is 0 Å². The molecular weight excluding hydrogens is 514 g/mol. The number of anilines is 2. The molecule has 0 unspecified atom stereocenters. The van der Waals surface area contributed by atoms with E-state index in [0.29, 0.717) is 43.6 Å². The molecule has 1 fully saturated rings. The number of piperidine rings is 1. The number of alkyl halides is 3. The molecule has 3 aromatic rings. The molecule has 0 atom stereocenters. The van der Waals surface area contributed by atoms with Crippen molar-refractivity contribution in [1.82, 2.24) is 24.8 Å². The number of hydrogen-bond acceptors (Lipinski definition) is 6. The topological polar surface area (TPSA) is 88.0 Å². The predicted octanol–water partition coefficient (Wildman–Crippen LogP) is 4.76. The van der Waals surface area contributed by atoms with Gasteiger partial charge in [0, 0.05) is 61.2 Å². The van der Waals surface area contributed by atoms with Crippen molar-refractivity contribution in [2.45, 2.75) is 64.2 Å². The number of nitrogens with one attached hydrogen (secondary N) is 2. The third kappa shape index (κ3) is 6.05. The van der Waals surface area contributed by atoms with Crippen molar-refractivity contribution in [2.75, 3.05) is 29.9 Å². The molecule has 1 aromatic carbocycles. The van der Waals surface area contributed by atoms with Gasteiger partial charge in [0.05, 0.1) is 17.7 Å². The smallest absolute Gasteiger partial charge is 0.341 e. The Labute approximate surface area is 223 Å². The maximum atomic E-state index is 13.9. The van der Waals surface area contributed by atoms with Crippen LogP contribution >= 0.6 is 0 Å². The third-order valence-corrected chi connectivity index (χ3v) is 6.99. The minimum atomic E-state index is -4.79. The summed E-state index contributed by atoms with van der Waals surface area (Å²) in [5.41, 5.74) is -0.0104. The highest BCUT2D eigenvalue weighted by Gasteiger charge is 2.35. The Morgan fingerprint density at radius 3 is 2.56 bits per heavy atom. The summed E-state index contributed by atoms with van der Waals surface area (Å²) in [4.78, 5) is 27.4. The van der Waals surface area contributed by atoms with E-state index in [2.05, 4.69) is 46.3 Å². The van der Waals surface area contributed by atoms with Crippen LogP contribution in [0.25, 0.3) is 11.3 Å². The van der Waals surface area contributed by atoms with Gasteiger partial charge in [0.25, 0.3) is 0 Å². The van der Waals surface area contributed by atoms with Crippen molar-refractivity contribution in [2.24, 2.45) is 0 Å². The molecule has 8 nitrogen and oxygen atoms in total. The monoisotopic (exact) mass is 545 g/mol. The van der Waals surface area contributed by atoms with Gasteiger partial charge in [0.1, 0.15) is 17.5 Å². The van der Waals surface area contributed by atoms with Crippen LogP contribution in [0.2, 0.25) is 0 Å². The quantitative estimate of drug-likeness (QED) is 0.434. The molecule has 4 heterocycles. The number of nitrogens with zero attached hydrogens (tertiary/aromatic N) is 5. The fourth-order valence-corrected chi connectivity index (χ4v) is 5.00. The van der Waals surface area contributed by atoms with Crippen molar-refractivity contribution in [3.63, 3.8) is 0 Å². The Bertz CT molecular complexity index is 1370. The van der Waals surface area contributed by atoms with E-state index in [0.717, 1.165) is 36.4 Å². The summed E-state index contributed by atoms with van der Waals surface area (Å²) in [6.45, 7) is 8.74. The largest absolute Gasteiger partial charge is 0.419 e. The van der Waals surface area contributed by atoms with Crippen LogP contribution in [0.15, 0.2) is 30.6 Å². The van der Waals surface area contributed by atoms with E-state index in [-0.39, 0.29) is 29.3 Å². The number of hydrogen-bond donors (Lipinski definition) is 2. The van der Waals surface area contributed by atoms with E-state index in [4.69, 9.17) is 4.98 Å². The number of carbonyl (C=O) groups is 1. The zero-order chi connectivity index (χ0) is 27.9. The molecule has 2 N–H and O–H groups in total. The molecule has 0 saturated carbocycles. The van der Waals surface area contributed by atoms with E-state index in [1.54, 1.807) is 12.4 Å². The first-order valence-corrected chi connectivity index (χ1v) is 13.0. The van der Waals surface area contributed by atoms with Gasteiger partial charge in [-0.3, -0.25) is 4.79 Å². The van der Waals surface area contributed by atoms with Crippen LogP contribution < -0.4 is 15.5 Å². The zero-order valence-electron chi connectivity index (χ0n) is 22.1. The average molecular weight is 546 g/mol. The molecule has 208 valence electrons. The molecule has 0 spiro atoms. The van der Waals surface area contributed by atoms with Crippen LogP contribution in [0.4, 0.5) is 29.3 Å². The molecule has 5 rings (SSSR count). The first-order valence-electron chi connectivity index (χ1n) is 13.0. The minimum Gasteiger partial charge on any atom is -0.341 e. The van der Waals surface area contributed by atoms with Crippen LogP contribution in [0, 0.1) is 5.82 Å². The van der Waals surface area contributed by atoms with E-state index in [1.165, 1.54) is 6.07 Å². The summed E-state index contributed by atoms with van der Waals surface area (Å²) >= 11 is 0. The van der Waals surface area contributed by atoms with Crippen molar-refractivity contribution >= 4 is 17.7 Å². The molecule has 0 radical (unpaired) electrons. The summed E-state index contributed by atoms with van der Waals surface area (Å²) in [6.07, 6.45) is 0.412. The number of fused-ring (bicyclic) bond motifs is 1. The van der Waals surface area contributed by atoms with Gasteiger partial charge in [0.2, 0.25) is 11.9 Å². The molecule has 2 aliphatic rings. The second-order valence-corrected chi connectivity index (χ2v) is 11.1. The lowest BCUT2D eigenvalue weighted by Gasteiger charge is -2.32. The van der Waals surface area contributed by atoms with Gasteiger partial charge in [-0.1, -0.05) is 0 Å². The highest BCUT2D eigenvalue weighted by molar-refractivity contribution is 5.97. The van der Waals surface area contributed by atoms with Crippen molar-refractivity contribution in [3.8, 4) is 11.3 Å². The number of benzene rings is 1. The molecule has 2 aliphatic heterocycles. The maximum Gasteiger partial charge on any atom is 0.419 e. The normalized spacial score (nSPS) is 16.5. The van der Waals surface area contributed by atoms with Crippen LogP contribution in [0.3, 0.4) is 0 Å². The fourth-order valence-electron chi connectivity index (χ4n) is 5.00. The maximum absolute atomic E-state index is 13.9. The zero-order valence-corrected chi connectivity index (χ0v) is 22.1. The average Bonchev–Trinajstić information content (AvgIpc) is 3.45. The number of rotatable bonds is 6. The Morgan fingerprint density at radius 2 is 1.87 bits per heavy atom. The molecule has 1 saturated heterocycles. The number of halogens is 4. The molecule has 0 aliphatic carbocycles. The fraction of sp³-hybridized carbons (Fsp3) is 0.481. The van der Waals surface area contributed by atoms with Gasteiger partial charge in [-0.25, -0.2) is 14.4 Å². The molecule has 2 aromatic heterocycles. The van der Waals surface area contributed by atoms with Crippen LogP contribution in [-0.2, 0) is 23.9 Å². The Hall–Kier alpha value is -3.54. The van der Waals surface area contributed by atoms with Crippen molar-refractivity contribution in [3.05, 3.63) is 53.4 Å². The molecule has 0 bridgehead atoms. The first kappa shape index (κ1) is 27.0. The van der Waals surface area contributed by atoms with Crippen LogP contribution in [0.5, 0.6) is 0 Å². The molecule has 1 amide bonds. The number of aromatic nitrogens is 4. The highest BCUT2D eigenvalue weighted by Crippen LogP contribution is 2.36. The van der Waals surface area contributed by atoms with E-state index >= 15 is 0 Å². The standard InChI is InChI=1S/C27H31F4N7O/c1-26(2,3)33-8-11-38-15-21(17-4-5-20(28)19(12-17)27(29,30)31)34-24(38)16-6-9-37(10-7-16)25-32-14-18-13-22(39)35-23(18)36-25/h4-5,12,14-16,33H,6-11,13H2,1-3H3,(H,32,35,36,39). The summed E-state index contributed by atoms with van der Waals surface area (Å²) in [5, 5.41) is 6.19. The van der Waals surface area contributed by atoms with Gasteiger partial charge >= 0.3 is 6.18 Å². The number of carbonyl (C=O) groups excluding carboxylic acids is 1. The molecular formula is C27H31F4N7O. The lowest BCUT2D eigenvalue weighted by atomic mass is 9.96. The highest BCUT2D eigenvalue weighted by atomic mass is 19.4. The first-order chi connectivity index (χ1) is 18.4. The van der Waals surface area contributed by atoms with Crippen LogP contribution in [0.1, 0.15) is 56.5 Å². The van der Waals surface area contributed by atoms with E-state index < -0.39 is 17.6 Å². The Kier molecular flexibility index (Phi) is 7.08. The summed E-state index contributed by atoms with van der Waals surface area (Å²) in [7, 11) is 0. The lowest BCUT2D eigenvalue weighted by Crippen LogP contribution is -2.38. The molecule has 39 heavy (non-hydrogen) atoms. The second-order valence-electron chi connectivity index (χ2n) is 11.1. The SMILES string of the molecule is CC(C)(C)NCCn1cc(-c2ccc(F)c(C(F)(F)F)c2)nc1C1CCN(c2ncc3c(n2)NC(=O)C3)CC1. The predicted molar refractivity (Wildman–Crippen MR) is 139 cm³/mol. The number of imidazole rings is 1. The van der Waals surface area contributed by atoms with Crippen molar-refractivity contribution < 1.29 is 22.4 Å². The summed E-state index contributed by atoms with van der Waals surface area (Å²) < 4.78 is 56.0. The number of amides is 1. The molecule has 12 heteroatoms. The minimum absolute atomic E-state index is 0.0706. The summed E-state index contributed by atoms with van der Waals surface area (Å²) in [6, 6.07) is 3.00. The van der Waals surface area contributed by atoms with E-state index in [1.807, 2.05) is 4.57 Å². The second kappa shape index (κ2) is 10.2. The Morgan fingerprint density at radius 1 is 1.13 bits per heavy atom. The lowest BCUT2D eigenvalue weighted by molar-refractivity contribution is -0.140. The third-order valence-electron chi connectivity index (χ3n) is 6.99. The van der Waals surface area contributed by atoms with Crippen LogP contribution in [-0.4, -0.2) is 50.6 Å². The van der Waals surface area contributed by atoms with Gasteiger partial charge in [-0.05, 0) is 51.8 Å².